The third kappa shape index (κ3) is 5.31. The average Bonchev–Trinajstić information content (AvgIpc) is 3.26. The van der Waals surface area contributed by atoms with Crippen molar-refractivity contribution in [2.75, 3.05) is 20.5 Å². The minimum atomic E-state index is -0.821. The second-order valence-corrected chi connectivity index (χ2v) is 7.99. The molecule has 162 valence electrons. The summed E-state index contributed by atoms with van der Waals surface area (Å²) in [6, 6.07) is 19.5. The molecule has 1 aliphatic rings. The largest absolute Gasteiger partial charge is 0.493 e. The molecular weight excluding hydrogens is 462 g/mol. The van der Waals surface area contributed by atoms with Crippen LogP contribution in [0.3, 0.4) is 0 Å². The van der Waals surface area contributed by atoms with Crippen molar-refractivity contribution >= 4 is 15.9 Å². The Morgan fingerprint density at radius 1 is 1.00 bits per heavy atom. The molecule has 0 aliphatic carbocycles. The van der Waals surface area contributed by atoms with E-state index in [1.165, 1.54) is 5.56 Å². The van der Waals surface area contributed by atoms with Crippen LogP contribution in [0, 0.1) is 0 Å². The minimum absolute atomic E-state index is 0.0697. The van der Waals surface area contributed by atoms with Gasteiger partial charge in [0, 0.05) is 13.1 Å². The number of hydrogen-bond donors (Lipinski definition) is 2. The third-order valence-corrected chi connectivity index (χ3v) is 5.55. The summed E-state index contributed by atoms with van der Waals surface area (Å²) >= 11 is 3.57. The first-order chi connectivity index (χ1) is 15.1. The maximum absolute atomic E-state index is 10.6. The SMILES string of the molecule is COc1cc(CNCc2ccccc2)cc(Br)c1OCC(O)c1ccc2c(c1)OCO2. The van der Waals surface area contributed by atoms with Gasteiger partial charge in [-0.1, -0.05) is 36.4 Å². The van der Waals surface area contributed by atoms with E-state index in [1.807, 2.05) is 30.3 Å². The van der Waals surface area contributed by atoms with Crippen LogP contribution in [0.4, 0.5) is 0 Å². The molecule has 0 aromatic heterocycles. The van der Waals surface area contributed by atoms with Gasteiger partial charge in [0.1, 0.15) is 12.7 Å². The lowest BCUT2D eigenvalue weighted by Gasteiger charge is -2.17. The normalized spacial score (nSPS) is 13.1. The fourth-order valence-electron chi connectivity index (χ4n) is 3.34. The Labute approximate surface area is 189 Å². The Morgan fingerprint density at radius 3 is 2.58 bits per heavy atom. The van der Waals surface area contributed by atoms with Gasteiger partial charge in [0.05, 0.1) is 11.6 Å². The van der Waals surface area contributed by atoms with Crippen LogP contribution in [-0.2, 0) is 13.1 Å². The van der Waals surface area contributed by atoms with Crippen molar-refractivity contribution in [3.05, 3.63) is 81.8 Å². The Morgan fingerprint density at radius 2 is 1.77 bits per heavy atom. The molecule has 0 saturated heterocycles. The number of benzene rings is 3. The zero-order chi connectivity index (χ0) is 21.6. The van der Waals surface area contributed by atoms with E-state index in [9.17, 15) is 5.11 Å². The van der Waals surface area contributed by atoms with Crippen LogP contribution >= 0.6 is 15.9 Å². The first kappa shape index (κ1) is 21.5. The van der Waals surface area contributed by atoms with Gasteiger partial charge in [-0.05, 0) is 56.9 Å². The van der Waals surface area contributed by atoms with Gasteiger partial charge in [-0.3, -0.25) is 0 Å². The zero-order valence-electron chi connectivity index (χ0n) is 17.1. The van der Waals surface area contributed by atoms with Gasteiger partial charge in [0.2, 0.25) is 6.79 Å². The molecule has 0 bridgehead atoms. The van der Waals surface area contributed by atoms with E-state index in [4.69, 9.17) is 18.9 Å². The predicted octanol–water partition coefficient (Wildman–Crippen LogP) is 4.59. The first-order valence-corrected chi connectivity index (χ1v) is 10.7. The van der Waals surface area contributed by atoms with Gasteiger partial charge < -0.3 is 29.4 Å². The highest BCUT2D eigenvalue weighted by Gasteiger charge is 2.19. The fraction of sp³-hybridized carbons (Fsp3) is 0.250. The van der Waals surface area contributed by atoms with Crippen molar-refractivity contribution in [1.82, 2.24) is 5.32 Å². The summed E-state index contributed by atoms with van der Waals surface area (Å²) in [5, 5.41) is 14.0. The molecule has 1 unspecified atom stereocenters. The van der Waals surface area contributed by atoms with Gasteiger partial charge >= 0.3 is 0 Å². The van der Waals surface area contributed by atoms with Crippen LogP contribution in [0.1, 0.15) is 22.8 Å². The average molecular weight is 486 g/mol. The van der Waals surface area contributed by atoms with E-state index in [0.29, 0.717) is 35.1 Å². The van der Waals surface area contributed by atoms with Gasteiger partial charge in [-0.25, -0.2) is 0 Å². The summed E-state index contributed by atoms with van der Waals surface area (Å²) in [7, 11) is 1.60. The lowest BCUT2D eigenvalue weighted by molar-refractivity contribution is 0.105. The topological polar surface area (TPSA) is 69.2 Å². The third-order valence-electron chi connectivity index (χ3n) is 4.96. The summed E-state index contributed by atoms with van der Waals surface area (Å²) in [5.41, 5.74) is 2.98. The van der Waals surface area contributed by atoms with E-state index in [2.05, 4.69) is 33.4 Å². The molecule has 1 aliphatic heterocycles. The van der Waals surface area contributed by atoms with Crippen LogP contribution in [-0.4, -0.2) is 25.6 Å². The van der Waals surface area contributed by atoms with Crippen molar-refractivity contribution in [2.45, 2.75) is 19.2 Å². The number of halogens is 1. The quantitative estimate of drug-likeness (QED) is 0.461. The second kappa shape index (κ2) is 10.0. The molecule has 2 N–H and O–H groups in total. The summed E-state index contributed by atoms with van der Waals surface area (Å²) < 4.78 is 22.9. The molecule has 0 amide bonds. The van der Waals surface area contributed by atoms with Gasteiger partial charge in [0.25, 0.3) is 0 Å². The summed E-state index contributed by atoms with van der Waals surface area (Å²) in [5.74, 6) is 2.46. The van der Waals surface area contributed by atoms with Crippen LogP contribution in [0.15, 0.2) is 65.1 Å². The molecule has 4 rings (SSSR count). The van der Waals surface area contributed by atoms with Crippen molar-refractivity contribution < 1.29 is 24.1 Å². The van der Waals surface area contributed by atoms with E-state index in [-0.39, 0.29) is 13.4 Å². The first-order valence-electron chi connectivity index (χ1n) is 9.95. The number of methoxy groups -OCH3 is 1. The molecule has 7 heteroatoms. The van der Waals surface area contributed by atoms with Crippen molar-refractivity contribution in [3.8, 4) is 23.0 Å². The zero-order valence-corrected chi connectivity index (χ0v) is 18.7. The predicted molar refractivity (Wildman–Crippen MR) is 121 cm³/mol. The molecule has 3 aromatic rings. The second-order valence-electron chi connectivity index (χ2n) is 7.14. The highest BCUT2D eigenvalue weighted by Crippen LogP contribution is 2.38. The summed E-state index contributed by atoms with van der Waals surface area (Å²) in [6.45, 7) is 1.73. The van der Waals surface area contributed by atoms with Gasteiger partial charge in [-0.2, -0.15) is 0 Å². The minimum Gasteiger partial charge on any atom is -0.493 e. The summed E-state index contributed by atoms with van der Waals surface area (Å²) in [4.78, 5) is 0. The monoisotopic (exact) mass is 485 g/mol. The van der Waals surface area contributed by atoms with E-state index < -0.39 is 6.10 Å². The Bertz CT molecular complexity index is 1030. The Kier molecular flexibility index (Phi) is 6.96. The van der Waals surface area contributed by atoms with Crippen LogP contribution in [0.25, 0.3) is 0 Å². The molecule has 1 heterocycles. The molecule has 0 saturated carbocycles. The van der Waals surface area contributed by atoms with Crippen LogP contribution < -0.4 is 24.3 Å². The van der Waals surface area contributed by atoms with Crippen LogP contribution in [0.5, 0.6) is 23.0 Å². The van der Waals surface area contributed by atoms with E-state index >= 15 is 0 Å². The number of ether oxygens (including phenoxy) is 4. The number of rotatable bonds is 9. The standard InChI is InChI=1S/C24H24BrNO5/c1-28-23-10-17(13-26-12-16-5-3-2-4-6-16)9-19(25)24(23)29-14-20(27)18-7-8-21-22(11-18)31-15-30-21/h2-11,20,26-27H,12-15H2,1H3. The Hall–Kier alpha value is -2.74. The van der Waals surface area contributed by atoms with Crippen molar-refractivity contribution in [1.29, 1.82) is 0 Å². The maximum atomic E-state index is 10.6. The number of fused-ring (bicyclic) bond motifs is 1. The number of aliphatic hydroxyl groups is 1. The molecule has 3 aromatic carbocycles. The fourth-order valence-corrected chi connectivity index (χ4v) is 3.95. The van der Waals surface area contributed by atoms with Crippen molar-refractivity contribution in [2.24, 2.45) is 0 Å². The van der Waals surface area contributed by atoms with Gasteiger partial charge in [-0.15, -0.1) is 0 Å². The van der Waals surface area contributed by atoms with Gasteiger partial charge in [0.15, 0.2) is 23.0 Å². The van der Waals surface area contributed by atoms with Crippen molar-refractivity contribution in [3.63, 3.8) is 0 Å². The smallest absolute Gasteiger partial charge is 0.231 e. The molecule has 1 atom stereocenters. The maximum Gasteiger partial charge on any atom is 0.231 e. The number of nitrogens with one attached hydrogen (secondary N) is 1. The van der Waals surface area contributed by atoms with E-state index in [0.717, 1.165) is 16.6 Å². The molecule has 6 nitrogen and oxygen atoms in total. The van der Waals surface area contributed by atoms with Crippen LogP contribution in [0.2, 0.25) is 0 Å². The number of hydrogen-bond acceptors (Lipinski definition) is 6. The summed E-state index contributed by atoms with van der Waals surface area (Å²) in [6.07, 6.45) is -0.821. The molecule has 0 fully saturated rings. The highest BCUT2D eigenvalue weighted by atomic mass is 79.9. The molecule has 0 radical (unpaired) electrons. The number of aliphatic hydroxyl groups excluding tert-OH is 1. The molecular formula is C24H24BrNO5. The highest BCUT2D eigenvalue weighted by molar-refractivity contribution is 9.10. The molecule has 0 spiro atoms. The molecule has 31 heavy (non-hydrogen) atoms. The lowest BCUT2D eigenvalue weighted by atomic mass is 10.1. The Balaban J connectivity index is 1.38. The lowest BCUT2D eigenvalue weighted by Crippen LogP contribution is -2.13. The van der Waals surface area contributed by atoms with E-state index in [1.54, 1.807) is 25.3 Å².